The maximum absolute atomic E-state index is 3.87. The minimum atomic E-state index is 0.304. The molecule has 0 aromatic heterocycles. The lowest BCUT2D eigenvalue weighted by Gasteiger charge is -2.29. The standard InChI is InChI=1S/C18H26N2/c1-4-8-15(13(5-2)12-19-3)18-11-16(18)14-9-6-7-10-17(14)20-18/h6-7,9-10,12,15-16,19-20H,4-5,8,11H2,1-3H3/b13-12-. The molecule has 2 aliphatic rings. The Labute approximate surface area is 122 Å². The van der Waals surface area contributed by atoms with Crippen molar-refractivity contribution in [3.63, 3.8) is 0 Å². The molecular formula is C18H26N2. The van der Waals surface area contributed by atoms with Gasteiger partial charge in [0.05, 0.1) is 5.54 Å². The lowest BCUT2D eigenvalue weighted by atomic mass is 9.83. The van der Waals surface area contributed by atoms with E-state index in [0.717, 1.165) is 12.3 Å². The molecule has 0 spiro atoms. The van der Waals surface area contributed by atoms with Gasteiger partial charge in [-0.05, 0) is 42.7 Å². The number of rotatable bonds is 6. The van der Waals surface area contributed by atoms with Gasteiger partial charge < -0.3 is 10.6 Å². The molecule has 1 aromatic rings. The summed E-state index contributed by atoms with van der Waals surface area (Å²) in [6.45, 7) is 4.58. The molecule has 0 bridgehead atoms. The Morgan fingerprint density at radius 1 is 1.45 bits per heavy atom. The molecule has 1 aromatic carbocycles. The molecule has 0 radical (unpaired) electrons. The molecule has 1 aliphatic heterocycles. The van der Waals surface area contributed by atoms with Crippen molar-refractivity contribution in [1.82, 2.24) is 5.32 Å². The summed E-state index contributed by atoms with van der Waals surface area (Å²) in [7, 11) is 2.01. The number of para-hydroxylation sites is 1. The van der Waals surface area contributed by atoms with Gasteiger partial charge in [0.2, 0.25) is 0 Å². The summed E-state index contributed by atoms with van der Waals surface area (Å²) in [5.74, 6) is 1.38. The molecule has 1 heterocycles. The van der Waals surface area contributed by atoms with Crippen LogP contribution in [-0.2, 0) is 0 Å². The predicted molar refractivity (Wildman–Crippen MR) is 86.0 cm³/mol. The van der Waals surface area contributed by atoms with Gasteiger partial charge in [0, 0.05) is 24.6 Å². The Hall–Kier alpha value is -1.44. The maximum atomic E-state index is 3.87. The minimum Gasteiger partial charge on any atom is -0.394 e. The zero-order valence-corrected chi connectivity index (χ0v) is 12.9. The van der Waals surface area contributed by atoms with E-state index in [0.29, 0.717) is 11.5 Å². The van der Waals surface area contributed by atoms with E-state index in [1.807, 2.05) is 7.05 Å². The van der Waals surface area contributed by atoms with Gasteiger partial charge in [0.1, 0.15) is 0 Å². The van der Waals surface area contributed by atoms with Crippen molar-refractivity contribution in [3.8, 4) is 0 Å². The number of fused-ring (bicyclic) bond motifs is 3. The first kappa shape index (κ1) is 13.5. The van der Waals surface area contributed by atoms with Crippen LogP contribution in [0.4, 0.5) is 5.69 Å². The van der Waals surface area contributed by atoms with Gasteiger partial charge in [-0.15, -0.1) is 0 Å². The average Bonchev–Trinajstić information content (AvgIpc) is 3.10. The lowest BCUT2D eigenvalue weighted by Crippen LogP contribution is -2.32. The zero-order chi connectivity index (χ0) is 14.2. The lowest BCUT2D eigenvalue weighted by molar-refractivity contribution is 0.441. The van der Waals surface area contributed by atoms with Crippen LogP contribution in [-0.4, -0.2) is 12.6 Å². The van der Waals surface area contributed by atoms with E-state index in [9.17, 15) is 0 Å². The molecule has 1 fully saturated rings. The Morgan fingerprint density at radius 3 is 2.90 bits per heavy atom. The Balaban J connectivity index is 1.90. The third kappa shape index (κ3) is 1.93. The van der Waals surface area contributed by atoms with Crippen molar-refractivity contribution in [2.75, 3.05) is 12.4 Å². The van der Waals surface area contributed by atoms with Crippen LogP contribution < -0.4 is 10.6 Å². The van der Waals surface area contributed by atoms with Crippen LogP contribution in [0, 0.1) is 5.92 Å². The number of nitrogens with one attached hydrogen (secondary N) is 2. The topological polar surface area (TPSA) is 24.1 Å². The first-order valence-electron chi connectivity index (χ1n) is 8.00. The van der Waals surface area contributed by atoms with Crippen LogP contribution >= 0.6 is 0 Å². The average molecular weight is 270 g/mol. The molecule has 2 heteroatoms. The van der Waals surface area contributed by atoms with Crippen LogP contribution in [0.3, 0.4) is 0 Å². The molecule has 2 N–H and O–H groups in total. The number of hydrogen-bond donors (Lipinski definition) is 2. The summed E-state index contributed by atoms with van der Waals surface area (Å²) in [6, 6.07) is 8.86. The molecule has 3 rings (SSSR count). The van der Waals surface area contributed by atoms with E-state index in [1.54, 1.807) is 5.57 Å². The third-order valence-corrected chi connectivity index (χ3v) is 5.09. The highest BCUT2D eigenvalue weighted by Crippen LogP contribution is 2.66. The fourth-order valence-electron chi connectivity index (χ4n) is 4.14. The second kappa shape index (κ2) is 5.16. The van der Waals surface area contributed by atoms with Crippen molar-refractivity contribution in [2.45, 2.75) is 51.0 Å². The maximum Gasteiger partial charge on any atom is 0.0516 e. The highest BCUT2D eigenvalue weighted by atomic mass is 15.1. The second-order valence-corrected chi connectivity index (χ2v) is 6.21. The molecule has 108 valence electrons. The molecule has 20 heavy (non-hydrogen) atoms. The summed E-state index contributed by atoms with van der Waals surface area (Å²) in [6.07, 6.45) is 7.19. The molecule has 3 unspecified atom stereocenters. The molecule has 2 nitrogen and oxygen atoms in total. The Morgan fingerprint density at radius 2 is 2.25 bits per heavy atom. The first-order valence-corrected chi connectivity index (χ1v) is 8.00. The fourth-order valence-corrected chi connectivity index (χ4v) is 4.14. The van der Waals surface area contributed by atoms with Crippen LogP contribution in [0.15, 0.2) is 36.0 Å². The molecule has 0 saturated heterocycles. The largest absolute Gasteiger partial charge is 0.394 e. The van der Waals surface area contributed by atoms with E-state index in [1.165, 1.54) is 30.5 Å². The van der Waals surface area contributed by atoms with Gasteiger partial charge >= 0.3 is 0 Å². The summed E-state index contributed by atoms with van der Waals surface area (Å²) >= 11 is 0. The van der Waals surface area contributed by atoms with Crippen LogP contribution in [0.2, 0.25) is 0 Å². The molecule has 1 aliphatic carbocycles. The van der Waals surface area contributed by atoms with Crippen LogP contribution in [0.1, 0.15) is 51.0 Å². The van der Waals surface area contributed by atoms with Crippen molar-refractivity contribution < 1.29 is 0 Å². The van der Waals surface area contributed by atoms with E-state index < -0.39 is 0 Å². The first-order chi connectivity index (χ1) is 9.76. The summed E-state index contributed by atoms with van der Waals surface area (Å²) in [5.41, 5.74) is 4.77. The summed E-state index contributed by atoms with van der Waals surface area (Å²) < 4.78 is 0. The van der Waals surface area contributed by atoms with Gasteiger partial charge in [-0.1, -0.05) is 38.5 Å². The summed E-state index contributed by atoms with van der Waals surface area (Å²) in [5, 5.41) is 7.12. The smallest absolute Gasteiger partial charge is 0.0516 e. The van der Waals surface area contributed by atoms with Crippen molar-refractivity contribution in [1.29, 1.82) is 0 Å². The summed E-state index contributed by atoms with van der Waals surface area (Å²) in [4.78, 5) is 0. The highest BCUT2D eigenvalue weighted by Gasteiger charge is 2.63. The van der Waals surface area contributed by atoms with E-state index in [4.69, 9.17) is 0 Å². The third-order valence-electron chi connectivity index (χ3n) is 5.09. The quantitative estimate of drug-likeness (QED) is 0.806. The normalized spacial score (nSPS) is 28.4. The van der Waals surface area contributed by atoms with Gasteiger partial charge in [0.25, 0.3) is 0 Å². The van der Waals surface area contributed by atoms with Gasteiger partial charge in [-0.2, -0.15) is 0 Å². The number of hydrogen-bond acceptors (Lipinski definition) is 2. The molecule has 1 saturated carbocycles. The molecule has 0 amide bonds. The highest BCUT2D eigenvalue weighted by molar-refractivity contribution is 5.67. The van der Waals surface area contributed by atoms with Gasteiger partial charge in [-0.25, -0.2) is 0 Å². The monoisotopic (exact) mass is 270 g/mol. The van der Waals surface area contributed by atoms with E-state index in [2.05, 4.69) is 54.9 Å². The predicted octanol–water partition coefficient (Wildman–Crippen LogP) is 4.27. The Kier molecular flexibility index (Phi) is 3.49. The zero-order valence-electron chi connectivity index (χ0n) is 12.9. The number of benzene rings is 1. The van der Waals surface area contributed by atoms with E-state index in [-0.39, 0.29) is 0 Å². The van der Waals surface area contributed by atoms with Crippen LogP contribution in [0.25, 0.3) is 0 Å². The van der Waals surface area contributed by atoms with E-state index >= 15 is 0 Å². The van der Waals surface area contributed by atoms with Crippen LogP contribution in [0.5, 0.6) is 0 Å². The second-order valence-electron chi connectivity index (χ2n) is 6.21. The van der Waals surface area contributed by atoms with Crippen molar-refractivity contribution in [3.05, 3.63) is 41.6 Å². The van der Waals surface area contributed by atoms with Crippen molar-refractivity contribution in [2.24, 2.45) is 5.92 Å². The number of anilines is 1. The fraction of sp³-hybridized carbons (Fsp3) is 0.556. The van der Waals surface area contributed by atoms with Gasteiger partial charge in [0.15, 0.2) is 0 Å². The molecule has 3 atom stereocenters. The minimum absolute atomic E-state index is 0.304. The Bertz CT molecular complexity index is 520. The molecular weight excluding hydrogens is 244 g/mol. The van der Waals surface area contributed by atoms with Crippen molar-refractivity contribution >= 4 is 5.69 Å². The van der Waals surface area contributed by atoms with Gasteiger partial charge in [-0.3, -0.25) is 0 Å². The SMILES string of the molecule is CCCC(/C(=C\NC)CC)C12CC1c1ccccc1N2.